The third kappa shape index (κ3) is 3.86. The van der Waals surface area contributed by atoms with E-state index in [1.165, 1.54) is 17.3 Å². The van der Waals surface area contributed by atoms with Crippen molar-refractivity contribution in [1.82, 2.24) is 19.7 Å². The minimum atomic E-state index is 0.0675. The van der Waals surface area contributed by atoms with Crippen LogP contribution in [-0.4, -0.2) is 37.5 Å². The van der Waals surface area contributed by atoms with Crippen LogP contribution in [0.1, 0.15) is 18.2 Å². The summed E-state index contributed by atoms with van der Waals surface area (Å²) in [6.07, 6.45) is 6.00. The number of hydrogen-bond donors (Lipinski definition) is 0. The first-order valence-corrected chi connectivity index (χ1v) is 11.1. The summed E-state index contributed by atoms with van der Waals surface area (Å²) in [5, 5.41) is 9.42. The molecule has 0 saturated carbocycles. The Morgan fingerprint density at radius 2 is 2.06 bits per heavy atom. The van der Waals surface area contributed by atoms with Crippen LogP contribution in [0.3, 0.4) is 0 Å². The fraction of sp³-hybridized carbons (Fsp3) is 0.217. The molecule has 31 heavy (non-hydrogen) atoms. The molecule has 0 radical (unpaired) electrons. The largest absolute Gasteiger partial charge is 0.467 e. The molecule has 7 nitrogen and oxygen atoms in total. The Kier molecular flexibility index (Phi) is 5.30. The van der Waals surface area contributed by atoms with Crippen LogP contribution in [-0.2, 0) is 17.8 Å². The number of para-hydroxylation sites is 1. The highest BCUT2D eigenvalue weighted by atomic mass is 32.2. The standard InChI is InChI=1S/C23H21N5O2S/c1-16-12-17-6-2-3-9-20(17)28(16)21(29)15-31-23-26-25-22(18-7-4-10-24-13-18)27(23)14-19-8-5-11-30-19/h2-11,13,16H,12,14-15H2,1H3/t16-/m0/s1. The van der Waals surface area contributed by atoms with Crippen LogP contribution in [0.5, 0.6) is 0 Å². The molecule has 1 atom stereocenters. The molecular weight excluding hydrogens is 410 g/mol. The lowest BCUT2D eigenvalue weighted by atomic mass is 10.1. The molecule has 156 valence electrons. The number of fused-ring (bicyclic) bond motifs is 1. The van der Waals surface area contributed by atoms with Crippen molar-refractivity contribution in [2.75, 3.05) is 10.7 Å². The van der Waals surface area contributed by atoms with E-state index < -0.39 is 0 Å². The van der Waals surface area contributed by atoms with E-state index in [0.717, 1.165) is 23.4 Å². The number of amides is 1. The summed E-state index contributed by atoms with van der Waals surface area (Å²) in [6, 6.07) is 15.8. The number of aromatic nitrogens is 4. The van der Waals surface area contributed by atoms with Gasteiger partial charge in [0, 0.05) is 29.7 Å². The number of hydrogen-bond acceptors (Lipinski definition) is 6. The van der Waals surface area contributed by atoms with Gasteiger partial charge >= 0.3 is 0 Å². The summed E-state index contributed by atoms with van der Waals surface area (Å²) in [4.78, 5) is 19.2. The molecule has 3 aromatic heterocycles. The van der Waals surface area contributed by atoms with Gasteiger partial charge in [0.15, 0.2) is 11.0 Å². The Morgan fingerprint density at radius 1 is 1.16 bits per heavy atom. The van der Waals surface area contributed by atoms with Crippen LogP contribution < -0.4 is 4.90 Å². The molecule has 1 aliphatic heterocycles. The number of rotatable bonds is 6. The number of pyridine rings is 1. The Balaban J connectivity index is 1.39. The summed E-state index contributed by atoms with van der Waals surface area (Å²) >= 11 is 1.39. The van der Waals surface area contributed by atoms with Crippen molar-refractivity contribution in [3.8, 4) is 11.4 Å². The number of thioether (sulfide) groups is 1. The molecule has 0 unspecified atom stereocenters. The van der Waals surface area contributed by atoms with Gasteiger partial charge in [0.05, 0.1) is 18.6 Å². The zero-order chi connectivity index (χ0) is 21.2. The van der Waals surface area contributed by atoms with Gasteiger partial charge in [0.1, 0.15) is 5.76 Å². The van der Waals surface area contributed by atoms with Crippen molar-refractivity contribution in [1.29, 1.82) is 0 Å². The van der Waals surface area contributed by atoms with Gasteiger partial charge in [-0.05, 0) is 49.2 Å². The second-order valence-corrected chi connectivity index (χ2v) is 8.39. The fourth-order valence-electron chi connectivity index (χ4n) is 3.95. The van der Waals surface area contributed by atoms with Gasteiger partial charge in [0.25, 0.3) is 0 Å². The summed E-state index contributed by atoms with van der Waals surface area (Å²) in [7, 11) is 0. The van der Waals surface area contributed by atoms with Gasteiger partial charge in [-0.3, -0.25) is 14.3 Å². The minimum absolute atomic E-state index is 0.0675. The first-order valence-electron chi connectivity index (χ1n) is 10.1. The van der Waals surface area contributed by atoms with Crippen LogP contribution >= 0.6 is 11.8 Å². The van der Waals surface area contributed by atoms with Crippen LogP contribution in [0.2, 0.25) is 0 Å². The zero-order valence-corrected chi connectivity index (χ0v) is 17.8. The van der Waals surface area contributed by atoms with Crippen molar-refractivity contribution in [3.63, 3.8) is 0 Å². The Bertz CT molecular complexity index is 1190. The zero-order valence-electron chi connectivity index (χ0n) is 17.0. The van der Waals surface area contributed by atoms with Crippen molar-refractivity contribution < 1.29 is 9.21 Å². The van der Waals surface area contributed by atoms with Crippen molar-refractivity contribution >= 4 is 23.4 Å². The average molecular weight is 432 g/mol. The molecule has 4 aromatic rings. The highest BCUT2D eigenvalue weighted by molar-refractivity contribution is 7.99. The van der Waals surface area contributed by atoms with Gasteiger partial charge in [-0.1, -0.05) is 30.0 Å². The monoisotopic (exact) mass is 431 g/mol. The summed E-state index contributed by atoms with van der Waals surface area (Å²) in [5.41, 5.74) is 3.09. The molecule has 0 saturated heterocycles. The molecule has 0 aliphatic carbocycles. The van der Waals surface area contributed by atoms with E-state index in [1.807, 2.05) is 51.9 Å². The number of carbonyl (C=O) groups is 1. The second-order valence-electron chi connectivity index (χ2n) is 7.45. The van der Waals surface area contributed by atoms with Crippen LogP contribution in [0.15, 0.2) is 76.8 Å². The minimum Gasteiger partial charge on any atom is -0.467 e. The Morgan fingerprint density at radius 3 is 2.87 bits per heavy atom. The number of nitrogens with zero attached hydrogens (tertiary/aromatic N) is 5. The third-order valence-corrected chi connectivity index (χ3v) is 6.28. The summed E-state index contributed by atoms with van der Waals surface area (Å²) < 4.78 is 7.50. The SMILES string of the molecule is C[C@H]1Cc2ccccc2N1C(=O)CSc1nnc(-c2cccnc2)n1Cc1ccco1. The van der Waals surface area contributed by atoms with E-state index in [1.54, 1.807) is 18.7 Å². The van der Waals surface area contributed by atoms with Crippen molar-refractivity contribution in [2.45, 2.75) is 31.1 Å². The van der Waals surface area contributed by atoms with Crippen LogP contribution in [0.4, 0.5) is 5.69 Å². The average Bonchev–Trinajstić information content (AvgIpc) is 3.51. The maximum atomic E-state index is 13.1. The molecule has 0 fully saturated rings. The van der Waals surface area contributed by atoms with Gasteiger partial charge in [-0.2, -0.15) is 0 Å². The van der Waals surface area contributed by atoms with E-state index in [2.05, 4.69) is 28.2 Å². The normalized spacial score (nSPS) is 15.3. The lowest BCUT2D eigenvalue weighted by Gasteiger charge is -2.22. The molecule has 0 N–H and O–H groups in total. The first kappa shape index (κ1) is 19.6. The smallest absolute Gasteiger partial charge is 0.237 e. The molecular formula is C23H21N5O2S. The maximum absolute atomic E-state index is 13.1. The topological polar surface area (TPSA) is 77.1 Å². The van der Waals surface area contributed by atoms with Crippen molar-refractivity contribution in [2.24, 2.45) is 0 Å². The molecule has 5 rings (SSSR count). The van der Waals surface area contributed by atoms with Gasteiger partial charge in [0.2, 0.25) is 5.91 Å². The second kappa shape index (κ2) is 8.39. The predicted molar refractivity (Wildman–Crippen MR) is 119 cm³/mol. The Labute approximate surface area is 184 Å². The van der Waals surface area contributed by atoms with E-state index in [-0.39, 0.29) is 17.7 Å². The number of carbonyl (C=O) groups excluding carboxylic acids is 1. The molecule has 1 aliphatic rings. The molecule has 1 aromatic carbocycles. The van der Waals surface area contributed by atoms with Crippen LogP contribution in [0, 0.1) is 0 Å². The maximum Gasteiger partial charge on any atom is 0.237 e. The highest BCUT2D eigenvalue weighted by Gasteiger charge is 2.30. The van der Waals surface area contributed by atoms with E-state index in [0.29, 0.717) is 17.5 Å². The number of anilines is 1. The van der Waals surface area contributed by atoms with Gasteiger partial charge < -0.3 is 9.32 Å². The first-order chi connectivity index (χ1) is 15.2. The third-order valence-electron chi connectivity index (χ3n) is 5.33. The quantitative estimate of drug-likeness (QED) is 0.429. The number of benzene rings is 1. The molecule has 8 heteroatoms. The summed E-state index contributed by atoms with van der Waals surface area (Å²) in [6.45, 7) is 2.56. The Hall–Kier alpha value is -3.39. The molecule has 0 bridgehead atoms. The van der Waals surface area contributed by atoms with Crippen LogP contribution in [0.25, 0.3) is 11.4 Å². The number of furan rings is 1. The highest BCUT2D eigenvalue weighted by Crippen LogP contribution is 2.33. The van der Waals surface area contributed by atoms with Gasteiger partial charge in [-0.25, -0.2) is 0 Å². The summed E-state index contributed by atoms with van der Waals surface area (Å²) in [5.74, 6) is 1.83. The predicted octanol–water partition coefficient (Wildman–Crippen LogP) is 4.05. The van der Waals surface area contributed by atoms with E-state index in [4.69, 9.17) is 4.42 Å². The van der Waals surface area contributed by atoms with E-state index >= 15 is 0 Å². The molecule has 0 spiro atoms. The lowest BCUT2D eigenvalue weighted by molar-refractivity contribution is -0.116. The lowest BCUT2D eigenvalue weighted by Crippen LogP contribution is -2.37. The van der Waals surface area contributed by atoms with Crippen molar-refractivity contribution in [3.05, 3.63) is 78.5 Å². The fourth-order valence-corrected chi connectivity index (χ4v) is 4.74. The van der Waals surface area contributed by atoms with Gasteiger partial charge in [-0.15, -0.1) is 10.2 Å². The van der Waals surface area contributed by atoms with E-state index in [9.17, 15) is 4.79 Å². The molecule has 1 amide bonds. The molecule has 4 heterocycles.